The number of phosphoric ester groups is 2. The van der Waals surface area contributed by atoms with Crippen molar-refractivity contribution in [3.8, 4) is 0 Å². The molecule has 0 amide bonds. The zero-order chi connectivity index (χ0) is 63.8. The number of hydrogen-bond acceptors (Lipinski definition) is 15. The van der Waals surface area contributed by atoms with Crippen molar-refractivity contribution in [3.63, 3.8) is 0 Å². The monoisotopic (exact) mass is 1270 g/mol. The van der Waals surface area contributed by atoms with Crippen LogP contribution in [0.5, 0.6) is 0 Å². The van der Waals surface area contributed by atoms with Gasteiger partial charge in [-0.15, -0.1) is 0 Å². The summed E-state index contributed by atoms with van der Waals surface area (Å²) in [6.45, 7) is 11.7. The molecule has 0 aliphatic rings. The number of carbonyl (C=O) groups excluding carboxylic acids is 4. The Morgan fingerprint density at radius 1 is 0.337 bits per heavy atom. The summed E-state index contributed by atoms with van der Waals surface area (Å²) in [7, 11) is -9.89. The normalized spacial score (nSPS) is 14.6. The molecule has 0 saturated heterocycles. The van der Waals surface area contributed by atoms with Crippen molar-refractivity contribution in [2.45, 2.75) is 349 Å². The summed E-state index contributed by atoms with van der Waals surface area (Å²) in [5, 5.41) is 10.6. The average Bonchev–Trinajstić information content (AvgIpc) is 3.69. The van der Waals surface area contributed by atoms with Crippen molar-refractivity contribution >= 4 is 39.5 Å². The van der Waals surface area contributed by atoms with Crippen LogP contribution in [-0.2, 0) is 65.4 Å². The molecule has 510 valence electrons. The first kappa shape index (κ1) is 84.1. The van der Waals surface area contributed by atoms with Gasteiger partial charge in [0.1, 0.15) is 19.3 Å². The highest BCUT2D eigenvalue weighted by atomic mass is 31.2. The molecule has 0 spiro atoms. The van der Waals surface area contributed by atoms with Gasteiger partial charge >= 0.3 is 39.5 Å². The number of esters is 4. The molecule has 3 N–H and O–H groups in total. The Kier molecular flexibility index (Phi) is 56.9. The Balaban J connectivity index is 5.24. The maximum Gasteiger partial charge on any atom is 0.472 e. The lowest BCUT2D eigenvalue weighted by Gasteiger charge is -2.21. The number of aliphatic hydroxyl groups is 1. The van der Waals surface area contributed by atoms with Crippen LogP contribution in [0, 0.1) is 17.8 Å². The maximum absolute atomic E-state index is 13.0. The van der Waals surface area contributed by atoms with Crippen LogP contribution in [0.1, 0.15) is 331 Å². The number of hydrogen-bond donors (Lipinski definition) is 3. The van der Waals surface area contributed by atoms with E-state index in [-0.39, 0.29) is 25.7 Å². The van der Waals surface area contributed by atoms with Gasteiger partial charge in [-0.1, -0.05) is 280 Å². The zero-order valence-corrected chi connectivity index (χ0v) is 57.6. The second-order valence-corrected chi connectivity index (χ2v) is 28.3. The van der Waals surface area contributed by atoms with Crippen LogP contribution in [0.15, 0.2) is 0 Å². The molecular formula is C67H130O17P2. The summed E-state index contributed by atoms with van der Waals surface area (Å²) < 4.78 is 68.1. The molecule has 0 aromatic heterocycles. The highest BCUT2D eigenvalue weighted by molar-refractivity contribution is 7.47. The quantitative estimate of drug-likeness (QED) is 0.0222. The molecule has 0 aliphatic carbocycles. The molecule has 0 bridgehead atoms. The minimum atomic E-state index is -4.95. The molecule has 0 rings (SSSR count). The van der Waals surface area contributed by atoms with Crippen LogP contribution in [-0.4, -0.2) is 96.7 Å². The summed E-state index contributed by atoms with van der Waals surface area (Å²) >= 11 is 0. The van der Waals surface area contributed by atoms with Gasteiger partial charge in [-0.3, -0.25) is 37.3 Å². The smallest absolute Gasteiger partial charge is 0.462 e. The molecule has 17 nitrogen and oxygen atoms in total. The average molecular weight is 1270 g/mol. The highest BCUT2D eigenvalue weighted by Crippen LogP contribution is 2.45. The van der Waals surface area contributed by atoms with Gasteiger partial charge in [-0.05, 0) is 43.4 Å². The first-order valence-corrected chi connectivity index (χ1v) is 37.9. The van der Waals surface area contributed by atoms with Gasteiger partial charge in [0, 0.05) is 25.7 Å². The Morgan fingerprint density at radius 2 is 0.593 bits per heavy atom. The van der Waals surface area contributed by atoms with Crippen molar-refractivity contribution in [2.24, 2.45) is 17.8 Å². The highest BCUT2D eigenvalue weighted by Gasteiger charge is 2.30. The van der Waals surface area contributed by atoms with E-state index in [0.29, 0.717) is 31.6 Å². The Labute approximate surface area is 524 Å². The molecular weight excluding hydrogens is 1140 g/mol. The van der Waals surface area contributed by atoms with Gasteiger partial charge in [0.2, 0.25) is 0 Å². The summed E-state index contributed by atoms with van der Waals surface area (Å²) in [4.78, 5) is 72.3. The van der Waals surface area contributed by atoms with Gasteiger partial charge in [0.25, 0.3) is 0 Å². The minimum Gasteiger partial charge on any atom is -0.462 e. The van der Waals surface area contributed by atoms with Crippen LogP contribution in [0.2, 0.25) is 0 Å². The molecule has 0 fully saturated rings. The number of ether oxygens (including phenoxy) is 4. The molecule has 0 aromatic carbocycles. The van der Waals surface area contributed by atoms with E-state index in [1.807, 2.05) is 0 Å². The summed E-state index contributed by atoms with van der Waals surface area (Å²) in [5.74, 6) is 0.101. The van der Waals surface area contributed by atoms with Crippen molar-refractivity contribution in [2.75, 3.05) is 39.6 Å². The van der Waals surface area contributed by atoms with Crippen LogP contribution in [0.3, 0.4) is 0 Å². The Bertz CT molecular complexity index is 1700. The molecule has 3 unspecified atom stereocenters. The van der Waals surface area contributed by atoms with Crippen LogP contribution in [0.4, 0.5) is 0 Å². The minimum absolute atomic E-state index is 0.105. The summed E-state index contributed by atoms with van der Waals surface area (Å²) in [6.07, 6.45) is 40.3. The molecule has 0 saturated carbocycles. The third kappa shape index (κ3) is 59.7. The first-order chi connectivity index (χ1) is 41.3. The lowest BCUT2D eigenvalue weighted by atomic mass is 9.99. The van der Waals surface area contributed by atoms with E-state index in [9.17, 15) is 43.2 Å². The van der Waals surface area contributed by atoms with E-state index >= 15 is 0 Å². The van der Waals surface area contributed by atoms with Gasteiger partial charge in [0.15, 0.2) is 12.2 Å². The number of aliphatic hydroxyl groups excluding tert-OH is 1. The van der Waals surface area contributed by atoms with Crippen LogP contribution in [0.25, 0.3) is 0 Å². The SMILES string of the molecule is CCCCCCCCCCCCC(=O)O[C@H](COC(=O)CCCCCCCCC(C)C)COP(=O)(O)OC[C@H](O)COP(=O)(O)OC[C@@H](COC(=O)CCCCCCCCCCC(C)CC)OC(=O)CCCCCCCCCCCCCCC(C)C. The predicted molar refractivity (Wildman–Crippen MR) is 344 cm³/mol. The molecule has 6 atom stereocenters. The second-order valence-electron chi connectivity index (χ2n) is 25.4. The summed E-state index contributed by atoms with van der Waals surface area (Å²) in [6, 6.07) is 0. The number of unbranched alkanes of at least 4 members (excludes halogenated alkanes) is 32. The van der Waals surface area contributed by atoms with E-state index in [4.69, 9.17) is 37.0 Å². The maximum atomic E-state index is 13.0. The van der Waals surface area contributed by atoms with E-state index < -0.39 is 97.5 Å². The van der Waals surface area contributed by atoms with Gasteiger partial charge in [-0.2, -0.15) is 0 Å². The topological polar surface area (TPSA) is 237 Å². The third-order valence-corrected chi connectivity index (χ3v) is 17.6. The zero-order valence-electron chi connectivity index (χ0n) is 55.8. The second kappa shape index (κ2) is 58.2. The fourth-order valence-electron chi connectivity index (χ4n) is 9.98. The van der Waals surface area contributed by atoms with Crippen LogP contribution < -0.4 is 0 Å². The largest absolute Gasteiger partial charge is 0.472 e. The Hall–Kier alpha value is -1.94. The van der Waals surface area contributed by atoms with Crippen molar-refractivity contribution in [3.05, 3.63) is 0 Å². The van der Waals surface area contributed by atoms with Crippen molar-refractivity contribution < 1.29 is 80.2 Å². The molecule has 86 heavy (non-hydrogen) atoms. The number of carbonyl (C=O) groups is 4. The van der Waals surface area contributed by atoms with E-state index in [1.54, 1.807) is 0 Å². The summed E-state index contributed by atoms with van der Waals surface area (Å²) in [5.41, 5.74) is 0. The molecule has 0 aromatic rings. The lowest BCUT2D eigenvalue weighted by Crippen LogP contribution is -2.30. The Morgan fingerprint density at radius 3 is 0.884 bits per heavy atom. The van der Waals surface area contributed by atoms with Crippen molar-refractivity contribution in [1.29, 1.82) is 0 Å². The number of rotatable bonds is 65. The fraction of sp³-hybridized carbons (Fsp3) is 0.940. The molecule has 0 radical (unpaired) electrons. The van der Waals surface area contributed by atoms with Crippen LogP contribution >= 0.6 is 15.6 Å². The standard InChI is InChI=1S/C67H130O17P2/c1-8-10-11-12-13-14-20-27-36-43-50-66(71)84-63(55-78-65(70)49-42-35-30-29-32-39-46-59(5)6)57-82-86(75,76)80-53-61(68)52-79-85(73,74)81-56-62(54-77-64(69)48-41-34-26-23-22-25-33-40-47-60(7)9-2)83-67(72)51-44-37-28-21-18-16-15-17-19-24-31-38-45-58(3)4/h58-63,68H,8-57H2,1-7H3,(H,73,74)(H,75,76)/t60?,61-,62-,63-/m1/s1. The van der Waals surface area contributed by atoms with Crippen molar-refractivity contribution in [1.82, 2.24) is 0 Å². The van der Waals surface area contributed by atoms with E-state index in [2.05, 4.69) is 48.5 Å². The predicted octanol–water partition coefficient (Wildman–Crippen LogP) is 18.7. The third-order valence-electron chi connectivity index (χ3n) is 15.7. The van der Waals surface area contributed by atoms with Gasteiger partial charge < -0.3 is 33.8 Å². The fourth-order valence-corrected chi connectivity index (χ4v) is 11.6. The molecule has 0 heterocycles. The first-order valence-electron chi connectivity index (χ1n) is 34.9. The van der Waals surface area contributed by atoms with Gasteiger partial charge in [-0.25, -0.2) is 9.13 Å². The van der Waals surface area contributed by atoms with E-state index in [1.165, 1.54) is 135 Å². The molecule has 19 heteroatoms. The van der Waals surface area contributed by atoms with E-state index in [0.717, 1.165) is 108 Å². The molecule has 0 aliphatic heterocycles. The number of phosphoric acid groups is 2. The van der Waals surface area contributed by atoms with Gasteiger partial charge in [0.05, 0.1) is 26.4 Å². The lowest BCUT2D eigenvalue weighted by molar-refractivity contribution is -0.161.